The summed E-state index contributed by atoms with van der Waals surface area (Å²) >= 11 is 0. The van der Waals surface area contributed by atoms with Crippen LogP contribution in [0.2, 0.25) is 0 Å². The number of fused-ring (bicyclic) bond motifs is 8. The standard InChI is InChI=1S/C48H33N3/c1-3-18-35(19-4-1)49(44-29-15-17-34-16-7-8-22-39(34)44)37-30-32-38(33-31-37)51-46-28-14-13-27-45(46)50(36-20-5-2-6-21-36)47-42-25-11-9-23-40(42)41-24-10-12-26-43(41)48(47)51/h1-33H. The van der Waals surface area contributed by atoms with Crippen LogP contribution in [-0.4, -0.2) is 0 Å². The quantitative estimate of drug-likeness (QED) is 0.172. The normalized spacial score (nSPS) is 12.2. The molecule has 9 aromatic rings. The number of anilines is 9. The highest BCUT2D eigenvalue weighted by molar-refractivity contribution is 6.25. The van der Waals surface area contributed by atoms with Gasteiger partial charge in [-0.2, -0.15) is 0 Å². The Morgan fingerprint density at radius 2 is 0.725 bits per heavy atom. The molecule has 0 saturated heterocycles. The molecule has 1 heterocycles. The Hall–Kier alpha value is -6.84. The number of benzene rings is 9. The molecule has 0 saturated carbocycles. The third-order valence-electron chi connectivity index (χ3n) is 10.1. The fourth-order valence-electron chi connectivity index (χ4n) is 7.91. The summed E-state index contributed by atoms with van der Waals surface area (Å²) in [6.45, 7) is 0. The molecule has 1 aliphatic heterocycles. The SMILES string of the molecule is c1ccc(N(c2ccc(N3c4ccccc4N(c4ccccc4)c4c3c3ccccc3c3ccccc43)cc2)c2cccc3ccccc23)cc1. The first-order valence-corrected chi connectivity index (χ1v) is 17.5. The molecule has 10 rings (SSSR count). The van der Waals surface area contributed by atoms with E-state index in [4.69, 9.17) is 0 Å². The van der Waals surface area contributed by atoms with Crippen molar-refractivity contribution in [1.29, 1.82) is 0 Å². The summed E-state index contributed by atoms with van der Waals surface area (Å²) in [5.41, 5.74) is 10.2. The highest BCUT2D eigenvalue weighted by atomic mass is 15.3. The second-order valence-corrected chi connectivity index (χ2v) is 13.0. The molecule has 9 aromatic carbocycles. The Balaban J connectivity index is 1.22. The maximum Gasteiger partial charge on any atom is 0.0788 e. The maximum atomic E-state index is 2.47. The van der Waals surface area contributed by atoms with Crippen LogP contribution in [0.5, 0.6) is 0 Å². The number of hydrogen-bond donors (Lipinski definition) is 0. The van der Waals surface area contributed by atoms with Crippen LogP contribution < -0.4 is 14.7 Å². The fourth-order valence-corrected chi connectivity index (χ4v) is 7.91. The van der Waals surface area contributed by atoms with Crippen molar-refractivity contribution in [3.05, 3.63) is 200 Å². The minimum atomic E-state index is 1.10. The molecule has 0 radical (unpaired) electrons. The highest BCUT2D eigenvalue weighted by Crippen LogP contribution is 2.59. The number of rotatable bonds is 5. The molecule has 240 valence electrons. The van der Waals surface area contributed by atoms with Crippen molar-refractivity contribution < 1.29 is 0 Å². The second-order valence-electron chi connectivity index (χ2n) is 13.0. The average molecular weight is 652 g/mol. The third kappa shape index (κ3) is 4.67. The van der Waals surface area contributed by atoms with Gasteiger partial charge >= 0.3 is 0 Å². The molecule has 0 fully saturated rings. The lowest BCUT2D eigenvalue weighted by Gasteiger charge is -2.42. The summed E-state index contributed by atoms with van der Waals surface area (Å²) < 4.78 is 0. The van der Waals surface area contributed by atoms with Crippen molar-refractivity contribution in [2.75, 3.05) is 14.7 Å². The van der Waals surface area contributed by atoms with Gasteiger partial charge < -0.3 is 14.7 Å². The van der Waals surface area contributed by atoms with Gasteiger partial charge in [-0.25, -0.2) is 0 Å². The van der Waals surface area contributed by atoms with Crippen LogP contribution in [0.25, 0.3) is 32.3 Å². The Labute approximate surface area is 297 Å². The van der Waals surface area contributed by atoms with Gasteiger partial charge in [0, 0.05) is 38.9 Å². The van der Waals surface area contributed by atoms with Crippen LogP contribution in [0.4, 0.5) is 51.2 Å². The summed E-state index contributed by atoms with van der Waals surface area (Å²) in [6.07, 6.45) is 0. The van der Waals surface area contributed by atoms with Gasteiger partial charge in [0.15, 0.2) is 0 Å². The second kappa shape index (κ2) is 11.9. The summed E-state index contributed by atoms with van der Waals surface area (Å²) in [7, 11) is 0. The van der Waals surface area contributed by atoms with Gasteiger partial charge in [0.1, 0.15) is 0 Å². The van der Waals surface area contributed by atoms with Crippen LogP contribution in [0.15, 0.2) is 200 Å². The number of nitrogens with zero attached hydrogens (tertiary/aromatic N) is 3. The lowest BCUT2D eigenvalue weighted by Crippen LogP contribution is -2.24. The van der Waals surface area contributed by atoms with Crippen molar-refractivity contribution in [1.82, 2.24) is 0 Å². The van der Waals surface area contributed by atoms with E-state index in [1.54, 1.807) is 0 Å². The minimum absolute atomic E-state index is 1.10. The van der Waals surface area contributed by atoms with Gasteiger partial charge in [0.2, 0.25) is 0 Å². The van der Waals surface area contributed by atoms with E-state index in [1.165, 1.54) is 43.7 Å². The third-order valence-corrected chi connectivity index (χ3v) is 10.1. The Morgan fingerprint density at radius 1 is 0.294 bits per heavy atom. The van der Waals surface area contributed by atoms with E-state index < -0.39 is 0 Å². The predicted octanol–water partition coefficient (Wildman–Crippen LogP) is 13.9. The summed E-state index contributed by atoms with van der Waals surface area (Å²) in [5.74, 6) is 0. The van der Waals surface area contributed by atoms with Crippen LogP contribution in [-0.2, 0) is 0 Å². The largest absolute Gasteiger partial charge is 0.310 e. The molecular formula is C48H33N3. The van der Waals surface area contributed by atoms with Crippen LogP contribution >= 0.6 is 0 Å². The lowest BCUT2D eigenvalue weighted by molar-refractivity contribution is 1.19. The van der Waals surface area contributed by atoms with Crippen molar-refractivity contribution in [2.45, 2.75) is 0 Å². The molecule has 0 aromatic heterocycles. The summed E-state index contributed by atoms with van der Waals surface area (Å²) in [6, 6.07) is 72.1. The van der Waals surface area contributed by atoms with Gasteiger partial charge in [0.25, 0.3) is 0 Å². The molecule has 51 heavy (non-hydrogen) atoms. The van der Waals surface area contributed by atoms with E-state index in [1.807, 2.05) is 0 Å². The monoisotopic (exact) mass is 651 g/mol. The van der Waals surface area contributed by atoms with E-state index in [2.05, 4.69) is 215 Å². The average Bonchev–Trinajstić information content (AvgIpc) is 3.21. The van der Waals surface area contributed by atoms with E-state index in [-0.39, 0.29) is 0 Å². The van der Waals surface area contributed by atoms with Gasteiger partial charge in [0.05, 0.1) is 28.4 Å². The molecule has 3 nitrogen and oxygen atoms in total. The molecule has 0 N–H and O–H groups in total. The van der Waals surface area contributed by atoms with Gasteiger partial charge in [-0.05, 0) is 82.9 Å². The lowest BCUT2D eigenvalue weighted by atomic mass is 9.93. The van der Waals surface area contributed by atoms with Crippen molar-refractivity contribution in [2.24, 2.45) is 0 Å². The topological polar surface area (TPSA) is 9.72 Å². The molecule has 3 heteroatoms. The van der Waals surface area contributed by atoms with Crippen LogP contribution in [0.1, 0.15) is 0 Å². The molecule has 0 spiro atoms. The highest BCUT2D eigenvalue weighted by Gasteiger charge is 2.34. The van der Waals surface area contributed by atoms with E-state index in [0.29, 0.717) is 0 Å². The van der Waals surface area contributed by atoms with Gasteiger partial charge in [-0.3, -0.25) is 0 Å². The van der Waals surface area contributed by atoms with E-state index in [0.717, 1.165) is 39.8 Å². The molecule has 0 atom stereocenters. The molecule has 0 bridgehead atoms. The van der Waals surface area contributed by atoms with Crippen molar-refractivity contribution in [3.8, 4) is 0 Å². The van der Waals surface area contributed by atoms with E-state index >= 15 is 0 Å². The van der Waals surface area contributed by atoms with Crippen molar-refractivity contribution in [3.63, 3.8) is 0 Å². The number of hydrogen-bond acceptors (Lipinski definition) is 3. The Morgan fingerprint density at radius 3 is 1.33 bits per heavy atom. The predicted molar refractivity (Wildman–Crippen MR) is 217 cm³/mol. The first-order chi connectivity index (χ1) is 25.3. The van der Waals surface area contributed by atoms with Crippen LogP contribution in [0.3, 0.4) is 0 Å². The van der Waals surface area contributed by atoms with E-state index in [9.17, 15) is 0 Å². The number of para-hydroxylation sites is 4. The zero-order valence-corrected chi connectivity index (χ0v) is 27.9. The minimum Gasteiger partial charge on any atom is -0.310 e. The molecule has 0 aliphatic carbocycles. The Bertz CT molecular complexity index is 2700. The molecular weight excluding hydrogens is 619 g/mol. The summed E-state index contributed by atoms with van der Waals surface area (Å²) in [5, 5.41) is 7.36. The zero-order valence-electron chi connectivity index (χ0n) is 27.9. The molecule has 0 unspecified atom stereocenters. The smallest absolute Gasteiger partial charge is 0.0788 e. The maximum absolute atomic E-state index is 2.47. The van der Waals surface area contributed by atoms with Crippen molar-refractivity contribution >= 4 is 83.5 Å². The molecule has 0 amide bonds. The fraction of sp³-hybridized carbons (Fsp3) is 0. The van der Waals surface area contributed by atoms with Gasteiger partial charge in [-0.15, -0.1) is 0 Å². The first kappa shape index (κ1) is 29.1. The first-order valence-electron chi connectivity index (χ1n) is 17.5. The molecule has 1 aliphatic rings. The van der Waals surface area contributed by atoms with Crippen LogP contribution in [0, 0.1) is 0 Å². The van der Waals surface area contributed by atoms with Gasteiger partial charge in [-0.1, -0.05) is 133 Å². The summed E-state index contributed by atoms with van der Waals surface area (Å²) in [4.78, 5) is 7.28. The zero-order chi connectivity index (χ0) is 33.7. The Kier molecular flexibility index (Phi) is 6.81.